The van der Waals surface area contributed by atoms with Crippen LogP contribution in [-0.2, 0) is 16.1 Å². The van der Waals surface area contributed by atoms with E-state index in [4.69, 9.17) is 37.4 Å². The number of hydrogen-bond acceptors (Lipinski definition) is 7. The standard InChI is InChI=1S/C30H24Cl2N2O5S/c1-17-26(29(36)38-3)27(23-15-21(32)9-12-24(23)37-2)34-28(35)25(40-30(34)33-17)14-18-7-10-22(11-8-18)39-16-19-5-4-6-20(31)13-19/h4-15,27H,16H2,1-3H3/b25-14-/t27-/m1/s1. The van der Waals surface area contributed by atoms with Crippen molar-refractivity contribution in [1.82, 2.24) is 4.57 Å². The van der Waals surface area contributed by atoms with E-state index in [0.29, 0.717) is 48.7 Å². The summed E-state index contributed by atoms with van der Waals surface area (Å²) in [5.74, 6) is 0.578. The van der Waals surface area contributed by atoms with Gasteiger partial charge in [-0.3, -0.25) is 9.36 Å². The van der Waals surface area contributed by atoms with Crippen molar-refractivity contribution < 1.29 is 19.0 Å². The van der Waals surface area contributed by atoms with Gasteiger partial charge in [0.1, 0.15) is 24.1 Å². The minimum absolute atomic E-state index is 0.239. The third-order valence-electron chi connectivity index (χ3n) is 6.39. The Morgan fingerprint density at radius 3 is 2.50 bits per heavy atom. The van der Waals surface area contributed by atoms with Crippen molar-refractivity contribution in [3.63, 3.8) is 0 Å². The molecule has 0 fully saturated rings. The van der Waals surface area contributed by atoms with Crippen molar-refractivity contribution in [2.75, 3.05) is 14.2 Å². The number of nitrogens with zero attached hydrogens (tertiary/aromatic N) is 2. The quantitative estimate of drug-likeness (QED) is 0.271. The van der Waals surface area contributed by atoms with Gasteiger partial charge >= 0.3 is 5.97 Å². The first-order chi connectivity index (χ1) is 19.3. The van der Waals surface area contributed by atoms with Gasteiger partial charge in [-0.05, 0) is 66.6 Å². The number of carbonyl (C=O) groups is 1. The second kappa shape index (κ2) is 11.7. The molecule has 1 aromatic heterocycles. The van der Waals surface area contributed by atoms with Crippen molar-refractivity contribution in [2.24, 2.45) is 4.99 Å². The fraction of sp³-hybridized carbons (Fsp3) is 0.167. The molecule has 0 aliphatic carbocycles. The Morgan fingerprint density at radius 1 is 1.05 bits per heavy atom. The molecule has 2 heterocycles. The smallest absolute Gasteiger partial charge is 0.338 e. The molecule has 1 atom stereocenters. The molecule has 0 saturated heterocycles. The predicted octanol–water partition coefficient (Wildman–Crippen LogP) is 5.30. The topological polar surface area (TPSA) is 79.1 Å². The first-order valence-electron chi connectivity index (χ1n) is 12.2. The lowest BCUT2D eigenvalue weighted by Crippen LogP contribution is -2.40. The molecule has 0 amide bonds. The number of hydrogen-bond donors (Lipinski definition) is 0. The molecule has 5 rings (SSSR count). The van der Waals surface area contributed by atoms with Crippen LogP contribution in [0.2, 0.25) is 10.0 Å². The van der Waals surface area contributed by atoms with Crippen molar-refractivity contribution in [2.45, 2.75) is 19.6 Å². The molecule has 1 aliphatic heterocycles. The van der Waals surface area contributed by atoms with Gasteiger partial charge in [-0.1, -0.05) is 58.8 Å². The molecule has 0 saturated carbocycles. The number of fused-ring (bicyclic) bond motifs is 1. The molecule has 3 aromatic carbocycles. The first-order valence-corrected chi connectivity index (χ1v) is 13.8. The van der Waals surface area contributed by atoms with Gasteiger partial charge in [-0.25, -0.2) is 9.79 Å². The van der Waals surface area contributed by atoms with Gasteiger partial charge in [-0.2, -0.15) is 0 Å². The highest BCUT2D eigenvalue weighted by molar-refractivity contribution is 7.07. The van der Waals surface area contributed by atoms with Crippen molar-refractivity contribution in [3.05, 3.63) is 124 Å². The van der Waals surface area contributed by atoms with Gasteiger partial charge in [0, 0.05) is 15.6 Å². The maximum atomic E-state index is 13.8. The van der Waals surface area contributed by atoms with Crippen molar-refractivity contribution in [3.8, 4) is 11.5 Å². The molecule has 204 valence electrons. The molecule has 0 spiro atoms. The van der Waals surface area contributed by atoms with Crippen LogP contribution in [0.1, 0.15) is 29.7 Å². The third-order valence-corrected chi connectivity index (χ3v) is 7.84. The molecular formula is C30H24Cl2N2O5S. The zero-order valence-corrected chi connectivity index (χ0v) is 24.1. The molecule has 0 radical (unpaired) electrons. The molecule has 0 unspecified atom stereocenters. The number of thiazole rings is 1. The third kappa shape index (κ3) is 5.56. The number of allylic oxidation sites excluding steroid dienone is 1. The summed E-state index contributed by atoms with van der Waals surface area (Å²) in [6.07, 6.45) is 1.79. The average molecular weight is 596 g/mol. The zero-order valence-electron chi connectivity index (χ0n) is 21.8. The Hall–Kier alpha value is -3.85. The SMILES string of the molecule is COC(=O)C1=C(C)N=c2s/c(=C\c3ccc(OCc4cccc(Cl)c4)cc3)c(=O)n2[C@@H]1c1cc(Cl)ccc1OC. The van der Waals surface area contributed by atoms with E-state index in [1.165, 1.54) is 30.1 Å². The number of benzene rings is 3. The monoisotopic (exact) mass is 594 g/mol. The average Bonchev–Trinajstić information content (AvgIpc) is 3.25. The molecule has 10 heteroatoms. The number of methoxy groups -OCH3 is 2. The molecular weight excluding hydrogens is 571 g/mol. The van der Waals surface area contributed by atoms with Gasteiger partial charge < -0.3 is 14.2 Å². The van der Waals surface area contributed by atoms with Crippen LogP contribution in [0.5, 0.6) is 11.5 Å². The van der Waals surface area contributed by atoms with Crippen LogP contribution in [-0.4, -0.2) is 24.8 Å². The normalized spacial score (nSPS) is 14.9. The van der Waals surface area contributed by atoms with E-state index in [2.05, 4.69) is 4.99 Å². The molecule has 0 N–H and O–H groups in total. The Labute approximate surface area is 244 Å². The molecule has 4 aromatic rings. The number of halogens is 2. The highest BCUT2D eigenvalue weighted by atomic mass is 35.5. The van der Waals surface area contributed by atoms with Crippen LogP contribution in [0, 0.1) is 0 Å². The highest BCUT2D eigenvalue weighted by Gasteiger charge is 2.35. The Morgan fingerprint density at radius 2 is 1.80 bits per heavy atom. The lowest BCUT2D eigenvalue weighted by atomic mass is 9.95. The van der Waals surface area contributed by atoms with E-state index in [9.17, 15) is 9.59 Å². The molecule has 7 nitrogen and oxygen atoms in total. The number of aromatic nitrogens is 1. The summed E-state index contributed by atoms with van der Waals surface area (Å²) >= 11 is 13.6. The summed E-state index contributed by atoms with van der Waals surface area (Å²) < 4.78 is 18.5. The minimum atomic E-state index is -0.832. The van der Waals surface area contributed by atoms with E-state index in [1.54, 1.807) is 31.2 Å². The second-order valence-corrected chi connectivity index (χ2v) is 10.8. The molecule has 40 heavy (non-hydrogen) atoms. The molecule has 0 bridgehead atoms. The van der Waals surface area contributed by atoms with Crippen LogP contribution >= 0.6 is 34.5 Å². The van der Waals surface area contributed by atoms with Crippen molar-refractivity contribution >= 4 is 46.6 Å². The number of rotatable bonds is 7. The fourth-order valence-corrected chi connectivity index (χ4v) is 5.95. The lowest BCUT2D eigenvalue weighted by Gasteiger charge is -2.25. The first kappa shape index (κ1) is 27.7. The summed E-state index contributed by atoms with van der Waals surface area (Å²) in [5.41, 5.74) is 2.71. The van der Waals surface area contributed by atoms with Gasteiger partial charge in [-0.15, -0.1) is 0 Å². The van der Waals surface area contributed by atoms with Crippen LogP contribution in [0.15, 0.2) is 87.8 Å². The maximum Gasteiger partial charge on any atom is 0.338 e. The van der Waals surface area contributed by atoms with E-state index in [0.717, 1.165) is 11.1 Å². The van der Waals surface area contributed by atoms with Crippen molar-refractivity contribution in [1.29, 1.82) is 0 Å². The minimum Gasteiger partial charge on any atom is -0.496 e. The second-order valence-electron chi connectivity index (χ2n) is 8.95. The van der Waals surface area contributed by atoms with Gasteiger partial charge in [0.15, 0.2) is 4.80 Å². The van der Waals surface area contributed by atoms with Crippen LogP contribution < -0.4 is 24.4 Å². The van der Waals surface area contributed by atoms with E-state index < -0.39 is 12.0 Å². The summed E-state index contributed by atoms with van der Waals surface area (Å²) in [7, 11) is 2.82. The lowest BCUT2D eigenvalue weighted by molar-refractivity contribution is -0.136. The van der Waals surface area contributed by atoms with E-state index in [1.807, 2.05) is 48.5 Å². The predicted molar refractivity (Wildman–Crippen MR) is 156 cm³/mol. The number of esters is 1. The summed E-state index contributed by atoms with van der Waals surface area (Å²) in [5, 5.41) is 1.09. The largest absolute Gasteiger partial charge is 0.496 e. The summed E-state index contributed by atoms with van der Waals surface area (Å²) in [6.45, 7) is 2.10. The Balaban J connectivity index is 1.53. The van der Waals surface area contributed by atoms with Crippen LogP contribution in [0.4, 0.5) is 0 Å². The Kier molecular flexibility index (Phi) is 8.12. The maximum absolute atomic E-state index is 13.8. The zero-order chi connectivity index (χ0) is 28.4. The fourth-order valence-electron chi connectivity index (χ4n) is 4.51. The summed E-state index contributed by atoms with van der Waals surface area (Å²) in [6, 6.07) is 19.2. The van der Waals surface area contributed by atoms with E-state index >= 15 is 0 Å². The van der Waals surface area contributed by atoms with Crippen LogP contribution in [0.3, 0.4) is 0 Å². The van der Waals surface area contributed by atoms with E-state index in [-0.39, 0.29) is 11.1 Å². The summed E-state index contributed by atoms with van der Waals surface area (Å²) in [4.78, 5) is 31.7. The highest BCUT2D eigenvalue weighted by Crippen LogP contribution is 2.37. The number of carbonyl (C=O) groups excluding carboxylic acids is 1. The van der Waals surface area contributed by atoms with Gasteiger partial charge in [0.25, 0.3) is 5.56 Å². The van der Waals surface area contributed by atoms with Gasteiger partial charge in [0.2, 0.25) is 0 Å². The molecule has 1 aliphatic rings. The van der Waals surface area contributed by atoms with Crippen LogP contribution in [0.25, 0.3) is 6.08 Å². The number of ether oxygens (including phenoxy) is 3. The Bertz CT molecular complexity index is 1810. The van der Waals surface area contributed by atoms with Gasteiger partial charge in [0.05, 0.1) is 30.0 Å².